The lowest BCUT2D eigenvalue weighted by atomic mass is 9.94. The van der Waals surface area contributed by atoms with Gasteiger partial charge in [0, 0.05) is 61.2 Å². The molecule has 2 aromatic carbocycles. The molecule has 10 heteroatoms. The van der Waals surface area contributed by atoms with Crippen LogP contribution in [0.5, 0.6) is 11.6 Å². The Morgan fingerprint density at radius 3 is 2.75 bits per heavy atom. The number of aromatic nitrogens is 2. The van der Waals surface area contributed by atoms with Gasteiger partial charge >= 0.3 is 0 Å². The van der Waals surface area contributed by atoms with Crippen molar-refractivity contribution in [3.63, 3.8) is 0 Å². The monoisotopic (exact) mass is 597 g/mol. The smallest absolute Gasteiger partial charge is 0.226 e. The average Bonchev–Trinajstić information content (AvgIpc) is 3.31. The molecule has 2 aromatic heterocycles. The van der Waals surface area contributed by atoms with Gasteiger partial charge in [0.15, 0.2) is 5.82 Å². The molecule has 2 N–H and O–H groups in total. The molecule has 2 bridgehead atoms. The first-order chi connectivity index (χ1) is 21.1. The van der Waals surface area contributed by atoms with Crippen molar-refractivity contribution in [3.8, 4) is 35.2 Å². The second-order valence-electron chi connectivity index (χ2n) is 12.3. The van der Waals surface area contributed by atoms with E-state index in [9.17, 15) is 14.3 Å². The number of halogens is 2. The zero-order chi connectivity index (χ0) is 31.0. The Morgan fingerprint density at radius 1 is 1.20 bits per heavy atom. The SMILES string of the molecule is C#Cc1c(F)ccc2cc(O)cc(-c3nc4c5c(nc(CCC(=O)N(C)C)c(C)c5c3F)N3C[C@H]5CC[C@H](N5)[C@H]3[C@H](C)O4)c12. The van der Waals surface area contributed by atoms with Crippen LogP contribution in [0.15, 0.2) is 24.3 Å². The highest BCUT2D eigenvalue weighted by Gasteiger charge is 2.47. The number of nitrogens with one attached hydrogen (secondary N) is 1. The minimum atomic E-state index is -0.656. The summed E-state index contributed by atoms with van der Waals surface area (Å²) in [5, 5.41) is 15.8. The fourth-order valence-electron chi connectivity index (χ4n) is 7.32. The van der Waals surface area contributed by atoms with E-state index in [0.717, 1.165) is 12.8 Å². The largest absolute Gasteiger partial charge is 0.508 e. The highest BCUT2D eigenvalue weighted by molar-refractivity contribution is 6.06. The van der Waals surface area contributed by atoms with Crippen molar-refractivity contribution in [2.24, 2.45) is 0 Å². The van der Waals surface area contributed by atoms with Crippen LogP contribution >= 0.6 is 0 Å². The number of piperazine rings is 1. The summed E-state index contributed by atoms with van der Waals surface area (Å²) < 4.78 is 38.7. The number of nitrogens with zero attached hydrogens (tertiary/aromatic N) is 4. The number of terminal acetylenes is 1. The van der Waals surface area contributed by atoms with E-state index in [-0.39, 0.29) is 75.8 Å². The summed E-state index contributed by atoms with van der Waals surface area (Å²) in [6.07, 6.45) is 7.95. The molecular formula is C34H33F2N5O3. The molecule has 0 saturated carbocycles. The first-order valence-electron chi connectivity index (χ1n) is 14.9. The molecule has 0 aliphatic carbocycles. The predicted molar refractivity (Wildman–Crippen MR) is 165 cm³/mol. The number of ether oxygens (including phenoxy) is 1. The normalized spacial score (nSPS) is 22.0. The fraction of sp³-hybridized carbons (Fsp3) is 0.382. The van der Waals surface area contributed by atoms with E-state index in [1.54, 1.807) is 21.0 Å². The van der Waals surface area contributed by atoms with Crippen molar-refractivity contribution in [1.82, 2.24) is 20.2 Å². The molecule has 8 nitrogen and oxygen atoms in total. The number of aromatic hydroxyl groups is 1. The molecule has 4 atom stereocenters. The molecule has 226 valence electrons. The van der Waals surface area contributed by atoms with Gasteiger partial charge in [0.05, 0.1) is 17.0 Å². The molecule has 0 radical (unpaired) electrons. The highest BCUT2D eigenvalue weighted by atomic mass is 19.1. The molecule has 3 aliphatic rings. The number of phenolic OH excluding ortho intramolecular Hbond substituents is 1. The minimum Gasteiger partial charge on any atom is -0.508 e. The van der Waals surface area contributed by atoms with E-state index in [1.807, 2.05) is 6.92 Å². The predicted octanol–water partition coefficient (Wildman–Crippen LogP) is 4.83. The summed E-state index contributed by atoms with van der Waals surface area (Å²) in [5.74, 6) is 1.72. The summed E-state index contributed by atoms with van der Waals surface area (Å²) >= 11 is 0. The molecule has 3 aliphatic heterocycles. The minimum absolute atomic E-state index is 0.0480. The summed E-state index contributed by atoms with van der Waals surface area (Å²) in [4.78, 5) is 26.2. The molecule has 7 rings (SSSR count). The Kier molecular flexibility index (Phi) is 6.63. The molecule has 4 aromatic rings. The standard InChI is InChI=1S/C34H33F2N5O3/c1-6-21-23(35)9-7-18-13-20(42)14-22(28(18)21)31-30(36)27-16(2)24(11-12-26(43)40(4)5)38-33-29(27)34(39-31)44-17(3)32-25-10-8-19(37-25)15-41(32)33/h1,7,9,13-14,17,19,25,32,37,42H,8,10-12,15H2,2-5H3/t17-,19+,25-,32+/m0/s1. The van der Waals surface area contributed by atoms with Crippen LogP contribution in [0.1, 0.15) is 43.0 Å². The lowest BCUT2D eigenvalue weighted by molar-refractivity contribution is -0.128. The zero-order valence-electron chi connectivity index (χ0n) is 25.0. The fourth-order valence-corrected chi connectivity index (χ4v) is 7.32. The van der Waals surface area contributed by atoms with Gasteiger partial charge in [-0.15, -0.1) is 6.42 Å². The van der Waals surface area contributed by atoms with Gasteiger partial charge in [0.2, 0.25) is 11.8 Å². The van der Waals surface area contributed by atoms with Crippen molar-refractivity contribution in [2.45, 2.75) is 63.8 Å². The maximum Gasteiger partial charge on any atom is 0.226 e. The molecule has 1 amide bonds. The molecule has 5 heterocycles. The number of aryl methyl sites for hydroxylation is 2. The number of carbonyl (C=O) groups excluding carboxylic acids is 1. The van der Waals surface area contributed by atoms with E-state index in [4.69, 9.17) is 21.1 Å². The lowest BCUT2D eigenvalue weighted by Gasteiger charge is -2.43. The van der Waals surface area contributed by atoms with E-state index in [1.165, 1.54) is 29.2 Å². The Morgan fingerprint density at radius 2 is 2.00 bits per heavy atom. The summed E-state index contributed by atoms with van der Waals surface area (Å²) in [6.45, 7) is 4.46. The van der Waals surface area contributed by atoms with Gasteiger partial charge in [-0.2, -0.15) is 0 Å². The van der Waals surface area contributed by atoms with Crippen LogP contribution in [0.2, 0.25) is 0 Å². The summed E-state index contributed by atoms with van der Waals surface area (Å²) in [6, 6.07) is 5.89. The topological polar surface area (TPSA) is 90.8 Å². The molecule has 0 unspecified atom stereocenters. The van der Waals surface area contributed by atoms with Crippen LogP contribution in [-0.4, -0.2) is 70.8 Å². The van der Waals surface area contributed by atoms with Gasteiger partial charge in [-0.05, 0) is 62.3 Å². The number of carbonyl (C=O) groups is 1. The van der Waals surface area contributed by atoms with Gasteiger partial charge in [0.1, 0.15) is 29.2 Å². The first-order valence-corrected chi connectivity index (χ1v) is 14.9. The number of benzene rings is 2. The summed E-state index contributed by atoms with van der Waals surface area (Å²) in [7, 11) is 3.40. The van der Waals surface area contributed by atoms with Crippen molar-refractivity contribution in [1.29, 1.82) is 0 Å². The quantitative estimate of drug-likeness (QED) is 0.326. The number of hydrogen-bond acceptors (Lipinski definition) is 7. The lowest BCUT2D eigenvalue weighted by Crippen LogP contribution is -2.62. The maximum atomic E-state index is 17.2. The molecule has 44 heavy (non-hydrogen) atoms. The Hall–Kier alpha value is -4.49. The molecule has 0 spiro atoms. The third-order valence-electron chi connectivity index (χ3n) is 9.42. The third-order valence-corrected chi connectivity index (χ3v) is 9.42. The van der Waals surface area contributed by atoms with Crippen LogP contribution in [0.25, 0.3) is 32.8 Å². The second-order valence-corrected chi connectivity index (χ2v) is 12.3. The number of amides is 1. The van der Waals surface area contributed by atoms with Crippen LogP contribution in [0.3, 0.4) is 0 Å². The molecule has 2 fully saturated rings. The van der Waals surface area contributed by atoms with Crippen LogP contribution in [-0.2, 0) is 11.2 Å². The van der Waals surface area contributed by atoms with Crippen molar-refractivity contribution < 1.29 is 23.4 Å². The van der Waals surface area contributed by atoms with Crippen LogP contribution in [0.4, 0.5) is 14.6 Å². The van der Waals surface area contributed by atoms with Crippen LogP contribution < -0.4 is 15.0 Å². The van der Waals surface area contributed by atoms with Gasteiger partial charge in [-0.3, -0.25) is 4.79 Å². The van der Waals surface area contributed by atoms with E-state index >= 15 is 4.39 Å². The van der Waals surface area contributed by atoms with Gasteiger partial charge in [0.25, 0.3) is 0 Å². The van der Waals surface area contributed by atoms with Crippen molar-refractivity contribution in [3.05, 3.63) is 52.7 Å². The number of rotatable bonds is 4. The number of hydrogen-bond donors (Lipinski definition) is 2. The second kappa shape index (κ2) is 10.3. The Labute approximate surface area is 254 Å². The van der Waals surface area contributed by atoms with Gasteiger partial charge < -0.3 is 25.0 Å². The van der Waals surface area contributed by atoms with E-state index in [0.29, 0.717) is 40.8 Å². The van der Waals surface area contributed by atoms with Gasteiger partial charge in [-0.25, -0.2) is 18.7 Å². The van der Waals surface area contributed by atoms with Crippen molar-refractivity contribution in [2.75, 3.05) is 25.5 Å². The van der Waals surface area contributed by atoms with E-state index in [2.05, 4.69) is 16.1 Å². The van der Waals surface area contributed by atoms with Gasteiger partial charge in [-0.1, -0.05) is 12.0 Å². The summed E-state index contributed by atoms with van der Waals surface area (Å²) in [5.41, 5.74) is 1.17. The maximum absolute atomic E-state index is 17.2. The zero-order valence-corrected chi connectivity index (χ0v) is 25.0. The highest BCUT2D eigenvalue weighted by Crippen LogP contribution is 2.47. The first kappa shape index (κ1) is 28.3. The molecular weight excluding hydrogens is 564 g/mol. The number of anilines is 1. The number of fused-ring (bicyclic) bond motifs is 6. The van der Waals surface area contributed by atoms with Crippen molar-refractivity contribution >= 4 is 33.3 Å². The van der Waals surface area contributed by atoms with E-state index < -0.39 is 11.6 Å². The third kappa shape index (κ3) is 4.25. The average molecular weight is 598 g/mol. The Bertz CT molecular complexity index is 1920. The Balaban J connectivity index is 1.54. The van der Waals surface area contributed by atoms with Crippen LogP contribution in [0, 0.1) is 30.9 Å². The molecule has 2 saturated heterocycles. The number of phenols is 1. The number of pyridine rings is 2.